The first-order valence-electron chi connectivity index (χ1n) is 13.5. The Labute approximate surface area is 216 Å². The minimum Gasteiger partial charge on any atom is -0.381 e. The highest BCUT2D eigenvalue weighted by molar-refractivity contribution is 5.82. The average molecular weight is 479 g/mol. The highest BCUT2D eigenvalue weighted by Gasteiger charge is 2.26. The fourth-order valence-electron chi connectivity index (χ4n) is 5.36. The van der Waals surface area contributed by atoms with Gasteiger partial charge in [0, 0.05) is 32.8 Å². The van der Waals surface area contributed by atoms with E-state index in [1.165, 1.54) is 40.4 Å². The van der Waals surface area contributed by atoms with E-state index in [0.29, 0.717) is 6.04 Å². The van der Waals surface area contributed by atoms with Crippen molar-refractivity contribution in [3.63, 3.8) is 0 Å². The molecule has 36 heavy (non-hydrogen) atoms. The van der Waals surface area contributed by atoms with Crippen molar-refractivity contribution in [3.8, 4) is 0 Å². The topological polar surface area (TPSA) is 15.7 Å². The van der Waals surface area contributed by atoms with Crippen LogP contribution in [0.2, 0.25) is 0 Å². The van der Waals surface area contributed by atoms with E-state index in [4.69, 9.17) is 4.74 Å². The van der Waals surface area contributed by atoms with E-state index in [9.17, 15) is 0 Å². The summed E-state index contributed by atoms with van der Waals surface area (Å²) in [4.78, 5) is 5.27. The van der Waals surface area contributed by atoms with Crippen LogP contribution >= 0.6 is 0 Å². The number of benzene rings is 4. The molecule has 0 atom stereocenters. The number of hydrogen-bond acceptors (Lipinski definition) is 3. The predicted octanol–water partition coefficient (Wildman–Crippen LogP) is 6.59. The summed E-state index contributed by atoms with van der Waals surface area (Å²) in [6, 6.07) is 37.5. The summed E-state index contributed by atoms with van der Waals surface area (Å²) in [6.07, 6.45) is 3.32. The van der Waals surface area contributed by atoms with Crippen molar-refractivity contribution in [3.05, 3.63) is 120 Å². The second-order valence-corrected chi connectivity index (χ2v) is 9.85. The van der Waals surface area contributed by atoms with Gasteiger partial charge in [0.1, 0.15) is 0 Å². The van der Waals surface area contributed by atoms with Crippen LogP contribution in [0.5, 0.6) is 0 Å². The van der Waals surface area contributed by atoms with E-state index in [0.717, 1.165) is 52.2 Å². The van der Waals surface area contributed by atoms with Crippen LogP contribution in [-0.2, 0) is 11.2 Å². The molecule has 0 amide bonds. The van der Waals surface area contributed by atoms with Crippen LogP contribution < -0.4 is 0 Å². The molecule has 1 fully saturated rings. The summed E-state index contributed by atoms with van der Waals surface area (Å²) in [5, 5.41) is 2.62. The third-order valence-corrected chi connectivity index (χ3v) is 7.36. The Bertz CT molecular complexity index is 1150. The smallest absolute Gasteiger partial charge is 0.0602 e. The SMILES string of the molecule is c1ccc(C(c2ccccc2)N2CCN(CCCCOCCc3ccc4ccccc4c3)CC2)cc1. The van der Waals surface area contributed by atoms with Crippen molar-refractivity contribution in [2.45, 2.75) is 25.3 Å². The van der Waals surface area contributed by atoms with E-state index in [1.807, 2.05) is 0 Å². The fraction of sp³-hybridized carbons (Fsp3) is 0.333. The quantitative estimate of drug-likeness (QED) is 0.226. The van der Waals surface area contributed by atoms with E-state index in [1.54, 1.807) is 0 Å². The Kier molecular flexibility index (Phi) is 8.80. The van der Waals surface area contributed by atoms with Crippen LogP contribution in [0.1, 0.15) is 35.6 Å². The Balaban J connectivity index is 1.01. The molecule has 3 nitrogen and oxygen atoms in total. The van der Waals surface area contributed by atoms with Gasteiger partial charge in [-0.05, 0) is 53.3 Å². The molecule has 0 unspecified atom stereocenters. The molecule has 1 heterocycles. The monoisotopic (exact) mass is 478 g/mol. The van der Waals surface area contributed by atoms with Crippen molar-refractivity contribution in [2.75, 3.05) is 45.9 Å². The molecule has 1 saturated heterocycles. The summed E-state index contributed by atoms with van der Waals surface area (Å²) in [7, 11) is 0. The van der Waals surface area contributed by atoms with Crippen molar-refractivity contribution in [1.29, 1.82) is 0 Å². The van der Waals surface area contributed by atoms with Gasteiger partial charge in [0.25, 0.3) is 0 Å². The van der Waals surface area contributed by atoms with Crippen LogP contribution in [0.15, 0.2) is 103 Å². The zero-order valence-corrected chi connectivity index (χ0v) is 21.3. The molecule has 0 spiro atoms. The Morgan fingerprint density at radius 3 is 1.94 bits per heavy atom. The lowest BCUT2D eigenvalue weighted by molar-refractivity contribution is 0.100. The van der Waals surface area contributed by atoms with E-state index in [-0.39, 0.29) is 0 Å². The van der Waals surface area contributed by atoms with Gasteiger partial charge < -0.3 is 9.64 Å². The van der Waals surface area contributed by atoms with Gasteiger partial charge in [-0.15, -0.1) is 0 Å². The predicted molar refractivity (Wildman–Crippen MR) is 150 cm³/mol. The van der Waals surface area contributed by atoms with Crippen molar-refractivity contribution in [1.82, 2.24) is 9.80 Å². The molecule has 1 aliphatic rings. The third-order valence-electron chi connectivity index (χ3n) is 7.36. The molecule has 3 heteroatoms. The number of nitrogens with zero attached hydrogens (tertiary/aromatic N) is 2. The van der Waals surface area contributed by atoms with Gasteiger partial charge in [0.2, 0.25) is 0 Å². The van der Waals surface area contributed by atoms with Gasteiger partial charge in [-0.1, -0.05) is 103 Å². The molecule has 4 aromatic carbocycles. The lowest BCUT2D eigenvalue weighted by Crippen LogP contribution is -2.48. The van der Waals surface area contributed by atoms with Gasteiger partial charge in [-0.2, -0.15) is 0 Å². The minimum atomic E-state index is 0.338. The Morgan fingerprint density at radius 2 is 1.25 bits per heavy atom. The first-order valence-corrected chi connectivity index (χ1v) is 13.5. The molecule has 1 aliphatic heterocycles. The molecule has 186 valence electrons. The van der Waals surface area contributed by atoms with E-state index < -0.39 is 0 Å². The second kappa shape index (κ2) is 12.8. The Morgan fingerprint density at radius 1 is 0.611 bits per heavy atom. The maximum Gasteiger partial charge on any atom is 0.0602 e. The van der Waals surface area contributed by atoms with Gasteiger partial charge in [-0.25, -0.2) is 0 Å². The normalized spacial score (nSPS) is 15.0. The molecule has 0 saturated carbocycles. The summed E-state index contributed by atoms with van der Waals surface area (Å²) in [5.74, 6) is 0. The lowest BCUT2D eigenvalue weighted by Gasteiger charge is -2.39. The molecule has 0 radical (unpaired) electrons. The van der Waals surface area contributed by atoms with Crippen molar-refractivity contribution in [2.24, 2.45) is 0 Å². The fourth-order valence-corrected chi connectivity index (χ4v) is 5.36. The van der Waals surface area contributed by atoms with Gasteiger partial charge in [0.15, 0.2) is 0 Å². The summed E-state index contributed by atoms with van der Waals surface area (Å²) < 4.78 is 5.96. The van der Waals surface area contributed by atoms with Crippen LogP contribution in [0.25, 0.3) is 10.8 Å². The first-order chi connectivity index (χ1) is 17.9. The molecule has 0 aliphatic carbocycles. The average Bonchev–Trinajstić information content (AvgIpc) is 2.94. The van der Waals surface area contributed by atoms with Crippen molar-refractivity contribution >= 4 is 10.8 Å². The second-order valence-electron chi connectivity index (χ2n) is 9.85. The molecule has 5 rings (SSSR count). The maximum absolute atomic E-state index is 5.96. The van der Waals surface area contributed by atoms with Gasteiger partial charge >= 0.3 is 0 Å². The summed E-state index contributed by atoms with van der Waals surface area (Å²) >= 11 is 0. The number of rotatable bonds is 11. The van der Waals surface area contributed by atoms with Crippen LogP contribution in [0, 0.1) is 0 Å². The number of piperazine rings is 1. The van der Waals surface area contributed by atoms with Crippen molar-refractivity contribution < 1.29 is 4.74 Å². The van der Waals surface area contributed by atoms with Gasteiger partial charge in [0.05, 0.1) is 12.6 Å². The number of hydrogen-bond donors (Lipinski definition) is 0. The molecule has 0 N–H and O–H groups in total. The minimum absolute atomic E-state index is 0.338. The molecule has 0 bridgehead atoms. The molecule has 4 aromatic rings. The Hall–Kier alpha value is -2.98. The van der Waals surface area contributed by atoms with Gasteiger partial charge in [-0.3, -0.25) is 4.90 Å². The van der Waals surface area contributed by atoms with E-state index >= 15 is 0 Å². The standard InChI is InChI=1S/C33H38N2O/c1-3-12-30(13-4-1)33(31-14-5-2-6-15-31)35-23-21-34(22-24-35)20-9-10-25-36-26-19-28-17-18-29-11-7-8-16-32(29)27-28/h1-8,11-18,27,33H,9-10,19-26H2. The molecule has 0 aromatic heterocycles. The zero-order valence-electron chi connectivity index (χ0n) is 21.3. The molecular weight excluding hydrogens is 440 g/mol. The number of fused-ring (bicyclic) bond motifs is 1. The van der Waals surface area contributed by atoms with Crippen LogP contribution in [0.4, 0.5) is 0 Å². The van der Waals surface area contributed by atoms with E-state index in [2.05, 4.69) is 113 Å². The number of unbranched alkanes of at least 4 members (excludes halogenated alkanes) is 1. The lowest BCUT2D eigenvalue weighted by atomic mass is 9.96. The number of ether oxygens (including phenoxy) is 1. The zero-order chi connectivity index (χ0) is 24.4. The highest BCUT2D eigenvalue weighted by atomic mass is 16.5. The first kappa shape index (κ1) is 24.7. The summed E-state index contributed by atoms with van der Waals surface area (Å²) in [6.45, 7) is 7.32. The maximum atomic E-state index is 5.96. The largest absolute Gasteiger partial charge is 0.381 e. The van der Waals surface area contributed by atoms with Crippen LogP contribution in [0.3, 0.4) is 0 Å². The third kappa shape index (κ3) is 6.61. The molecular formula is C33H38N2O. The summed E-state index contributed by atoms with van der Waals surface area (Å²) in [5.41, 5.74) is 4.13. The van der Waals surface area contributed by atoms with Crippen LogP contribution in [-0.4, -0.2) is 55.7 Å². The highest BCUT2D eigenvalue weighted by Crippen LogP contribution is 2.29.